The Bertz CT molecular complexity index is 652. The summed E-state index contributed by atoms with van der Waals surface area (Å²) in [5.74, 6) is 0.639. The molecule has 2 heterocycles. The predicted molar refractivity (Wildman–Crippen MR) is 97.7 cm³/mol. The van der Waals surface area contributed by atoms with Crippen molar-refractivity contribution in [2.45, 2.75) is 32.9 Å². The van der Waals surface area contributed by atoms with Gasteiger partial charge >= 0.3 is 0 Å². The maximum absolute atomic E-state index is 5.86. The number of rotatable bonds is 4. The van der Waals surface area contributed by atoms with E-state index in [1.165, 1.54) is 28.8 Å². The Balaban J connectivity index is 0.00000192. The molecule has 5 heteroatoms. The Kier molecular flexibility index (Phi) is 5.84. The minimum absolute atomic E-state index is 0. The molecule has 126 valence electrons. The van der Waals surface area contributed by atoms with Crippen LogP contribution in [0.5, 0.6) is 0 Å². The summed E-state index contributed by atoms with van der Waals surface area (Å²) < 4.78 is 1.95. The topological polar surface area (TPSA) is 47.1 Å². The monoisotopic (exact) mass is 334 g/mol. The van der Waals surface area contributed by atoms with Crippen LogP contribution in [0.3, 0.4) is 0 Å². The normalized spacial score (nSPS) is 21.4. The third kappa shape index (κ3) is 3.77. The molecule has 2 atom stereocenters. The summed E-state index contributed by atoms with van der Waals surface area (Å²) in [7, 11) is 2.00. The van der Waals surface area contributed by atoms with Crippen molar-refractivity contribution in [2.24, 2.45) is 18.7 Å². The summed E-state index contributed by atoms with van der Waals surface area (Å²) in [5.41, 5.74) is 11.0. The fraction of sp³-hybridized carbons (Fsp3) is 0.500. The van der Waals surface area contributed by atoms with Gasteiger partial charge in [-0.05, 0) is 50.4 Å². The van der Waals surface area contributed by atoms with Crippen molar-refractivity contribution < 1.29 is 0 Å². The van der Waals surface area contributed by atoms with E-state index >= 15 is 0 Å². The minimum Gasteiger partial charge on any atom is -0.330 e. The summed E-state index contributed by atoms with van der Waals surface area (Å²) >= 11 is 0. The van der Waals surface area contributed by atoms with Crippen LogP contribution in [0.2, 0.25) is 0 Å². The molecule has 2 unspecified atom stereocenters. The van der Waals surface area contributed by atoms with Gasteiger partial charge in [0.1, 0.15) is 0 Å². The molecule has 1 aromatic heterocycles. The summed E-state index contributed by atoms with van der Waals surface area (Å²) in [6, 6.07) is 9.44. The molecule has 4 nitrogen and oxygen atoms in total. The molecule has 0 radical (unpaired) electrons. The van der Waals surface area contributed by atoms with Crippen LogP contribution in [0.25, 0.3) is 11.3 Å². The Morgan fingerprint density at radius 2 is 2.09 bits per heavy atom. The second kappa shape index (κ2) is 7.47. The molecule has 0 saturated carbocycles. The molecule has 1 fully saturated rings. The third-order valence-electron chi connectivity index (χ3n) is 4.86. The van der Waals surface area contributed by atoms with E-state index in [1.54, 1.807) is 0 Å². The molecule has 1 saturated heterocycles. The van der Waals surface area contributed by atoms with Crippen LogP contribution in [0.1, 0.15) is 24.5 Å². The van der Waals surface area contributed by atoms with Crippen molar-refractivity contribution in [3.8, 4) is 11.3 Å². The summed E-state index contributed by atoms with van der Waals surface area (Å²) in [5, 5.41) is 4.32. The third-order valence-corrected chi connectivity index (χ3v) is 4.86. The van der Waals surface area contributed by atoms with Crippen LogP contribution in [0.15, 0.2) is 30.5 Å². The largest absolute Gasteiger partial charge is 0.330 e. The van der Waals surface area contributed by atoms with E-state index in [4.69, 9.17) is 5.73 Å². The molecular weight excluding hydrogens is 308 g/mol. The Morgan fingerprint density at radius 1 is 1.30 bits per heavy atom. The quantitative estimate of drug-likeness (QED) is 0.935. The van der Waals surface area contributed by atoms with Crippen molar-refractivity contribution in [3.05, 3.63) is 41.6 Å². The Labute approximate surface area is 145 Å². The van der Waals surface area contributed by atoms with Crippen LogP contribution >= 0.6 is 12.4 Å². The van der Waals surface area contributed by atoms with Crippen molar-refractivity contribution in [1.82, 2.24) is 14.7 Å². The lowest BCUT2D eigenvalue weighted by atomic mass is 10.0. The standard InChI is InChI=1S/C18H26N4.ClH/c1-13-4-5-16(12-22-11-15(10-19)9-14(22)2)17(8-13)18-6-7-20-21(18)3;/h4-8,14-15H,9-12,19H2,1-3H3;1H. The molecule has 23 heavy (non-hydrogen) atoms. The number of aromatic nitrogens is 2. The number of nitrogens with zero attached hydrogens (tertiary/aromatic N) is 3. The van der Waals surface area contributed by atoms with Gasteiger partial charge in [-0.1, -0.05) is 17.7 Å². The average Bonchev–Trinajstić information content (AvgIpc) is 3.07. The number of benzene rings is 1. The maximum atomic E-state index is 5.86. The molecule has 1 aromatic carbocycles. The van der Waals surface area contributed by atoms with Crippen molar-refractivity contribution in [2.75, 3.05) is 13.1 Å². The van der Waals surface area contributed by atoms with Gasteiger partial charge in [-0.25, -0.2) is 0 Å². The summed E-state index contributed by atoms with van der Waals surface area (Å²) in [6.45, 7) is 7.35. The second-order valence-electron chi connectivity index (χ2n) is 6.62. The molecule has 0 spiro atoms. The summed E-state index contributed by atoms with van der Waals surface area (Å²) in [4.78, 5) is 2.56. The minimum atomic E-state index is 0. The van der Waals surface area contributed by atoms with Crippen molar-refractivity contribution in [1.29, 1.82) is 0 Å². The van der Waals surface area contributed by atoms with Crippen molar-refractivity contribution in [3.63, 3.8) is 0 Å². The van der Waals surface area contributed by atoms with E-state index in [9.17, 15) is 0 Å². The lowest BCUT2D eigenvalue weighted by Gasteiger charge is -2.23. The fourth-order valence-electron chi connectivity index (χ4n) is 3.53. The SMILES string of the molecule is Cc1ccc(CN2CC(CN)CC2C)c(-c2ccnn2C)c1.Cl. The first-order valence-electron chi connectivity index (χ1n) is 8.10. The Morgan fingerprint density at radius 3 is 2.70 bits per heavy atom. The zero-order chi connectivity index (χ0) is 15.7. The van der Waals surface area contributed by atoms with Gasteiger partial charge in [-0.3, -0.25) is 9.58 Å². The molecular formula is C18H27ClN4. The van der Waals surface area contributed by atoms with E-state index < -0.39 is 0 Å². The zero-order valence-electron chi connectivity index (χ0n) is 14.2. The van der Waals surface area contributed by atoms with Gasteiger partial charge in [0.05, 0.1) is 5.69 Å². The van der Waals surface area contributed by atoms with Gasteiger partial charge in [0, 0.05) is 37.9 Å². The highest BCUT2D eigenvalue weighted by Crippen LogP contribution is 2.29. The van der Waals surface area contributed by atoms with E-state index in [0.29, 0.717) is 12.0 Å². The number of hydrogen-bond donors (Lipinski definition) is 1. The number of nitrogens with two attached hydrogens (primary N) is 1. The molecule has 0 aliphatic carbocycles. The molecule has 1 aliphatic heterocycles. The van der Waals surface area contributed by atoms with E-state index in [2.05, 4.69) is 48.1 Å². The van der Waals surface area contributed by atoms with Crippen LogP contribution in [0, 0.1) is 12.8 Å². The highest BCUT2D eigenvalue weighted by atomic mass is 35.5. The van der Waals surface area contributed by atoms with Crippen LogP contribution < -0.4 is 5.73 Å². The van der Waals surface area contributed by atoms with Crippen LogP contribution in [-0.2, 0) is 13.6 Å². The maximum Gasteiger partial charge on any atom is 0.0682 e. The van der Waals surface area contributed by atoms with Gasteiger partial charge in [-0.15, -0.1) is 12.4 Å². The number of halogens is 1. The number of aryl methyl sites for hydroxylation is 2. The first-order chi connectivity index (χ1) is 10.6. The lowest BCUT2D eigenvalue weighted by molar-refractivity contribution is 0.256. The lowest BCUT2D eigenvalue weighted by Crippen LogP contribution is -2.27. The highest BCUT2D eigenvalue weighted by molar-refractivity contribution is 5.85. The van der Waals surface area contributed by atoms with E-state index in [0.717, 1.165) is 19.6 Å². The van der Waals surface area contributed by atoms with Crippen molar-refractivity contribution >= 4 is 12.4 Å². The molecule has 0 amide bonds. The van der Waals surface area contributed by atoms with Crippen LogP contribution in [-0.4, -0.2) is 33.8 Å². The second-order valence-corrected chi connectivity index (χ2v) is 6.62. The van der Waals surface area contributed by atoms with Gasteiger partial charge in [0.25, 0.3) is 0 Å². The smallest absolute Gasteiger partial charge is 0.0682 e. The first kappa shape index (κ1) is 18.0. The molecule has 2 aromatic rings. The predicted octanol–water partition coefficient (Wildman–Crippen LogP) is 2.99. The van der Waals surface area contributed by atoms with Gasteiger partial charge in [0.15, 0.2) is 0 Å². The van der Waals surface area contributed by atoms with E-state index in [1.807, 2.05) is 17.9 Å². The van der Waals surface area contributed by atoms with Crippen LogP contribution in [0.4, 0.5) is 0 Å². The average molecular weight is 335 g/mol. The van der Waals surface area contributed by atoms with Gasteiger partial charge < -0.3 is 5.73 Å². The van der Waals surface area contributed by atoms with E-state index in [-0.39, 0.29) is 12.4 Å². The molecule has 3 rings (SSSR count). The van der Waals surface area contributed by atoms with Gasteiger partial charge in [0.2, 0.25) is 0 Å². The highest BCUT2D eigenvalue weighted by Gasteiger charge is 2.28. The number of hydrogen-bond acceptors (Lipinski definition) is 3. The Hall–Kier alpha value is -1.36. The van der Waals surface area contributed by atoms with Gasteiger partial charge in [-0.2, -0.15) is 5.10 Å². The zero-order valence-corrected chi connectivity index (χ0v) is 15.0. The number of likely N-dealkylation sites (tertiary alicyclic amines) is 1. The first-order valence-corrected chi connectivity index (χ1v) is 8.10. The molecule has 0 bridgehead atoms. The molecule has 1 aliphatic rings. The molecule has 2 N–H and O–H groups in total. The summed E-state index contributed by atoms with van der Waals surface area (Å²) in [6.07, 6.45) is 3.08. The fourth-order valence-corrected chi connectivity index (χ4v) is 3.53.